The van der Waals surface area contributed by atoms with E-state index in [0.29, 0.717) is 22.8 Å². The van der Waals surface area contributed by atoms with Crippen molar-refractivity contribution in [2.75, 3.05) is 15.8 Å². The Balaban J connectivity index is 2.52. The van der Waals surface area contributed by atoms with Gasteiger partial charge in [-0.2, -0.15) is 0 Å². The van der Waals surface area contributed by atoms with Crippen molar-refractivity contribution in [3.63, 3.8) is 0 Å². The zero-order chi connectivity index (χ0) is 17.1. The first kappa shape index (κ1) is 17.2. The molecule has 1 aromatic carbocycles. The van der Waals surface area contributed by atoms with E-state index in [9.17, 15) is 13.4 Å². The number of anilines is 3. The van der Waals surface area contributed by atoms with Crippen LogP contribution in [0.15, 0.2) is 29.1 Å². The molecule has 0 aliphatic heterocycles. The van der Waals surface area contributed by atoms with E-state index >= 15 is 0 Å². The topological polar surface area (TPSA) is 63.1 Å². The summed E-state index contributed by atoms with van der Waals surface area (Å²) in [5.41, 5.74) is 1.85. The first-order valence-electron chi connectivity index (χ1n) is 7.22. The number of hydrogen-bond acceptors (Lipinski definition) is 3. The number of nitrogens with zero attached hydrogens (tertiary/aromatic N) is 1. The minimum Gasteiger partial charge on any atom is -0.337 e. The van der Waals surface area contributed by atoms with Gasteiger partial charge in [0, 0.05) is 18.4 Å². The summed E-state index contributed by atoms with van der Waals surface area (Å²) in [5, 5.41) is 2.92. The molecule has 0 bridgehead atoms. The van der Waals surface area contributed by atoms with Crippen LogP contribution in [0.1, 0.15) is 18.1 Å². The summed E-state index contributed by atoms with van der Waals surface area (Å²) in [6.07, 6.45) is 0. The Hall–Kier alpha value is -2.15. The molecule has 0 aliphatic carbocycles. The Morgan fingerprint density at radius 3 is 2.52 bits per heavy atom. The molecule has 2 aromatic rings. The highest BCUT2D eigenvalue weighted by Crippen LogP contribution is 2.27. The second-order valence-electron chi connectivity index (χ2n) is 5.30. The van der Waals surface area contributed by atoms with Crippen molar-refractivity contribution in [2.45, 2.75) is 20.8 Å². The van der Waals surface area contributed by atoms with Gasteiger partial charge in [0.25, 0.3) is 5.56 Å². The van der Waals surface area contributed by atoms with Crippen molar-refractivity contribution in [2.24, 2.45) is 7.05 Å². The van der Waals surface area contributed by atoms with Gasteiger partial charge in [-0.25, -0.2) is 8.60 Å². The van der Waals surface area contributed by atoms with Crippen LogP contribution in [0, 0.1) is 19.7 Å². The number of aryl methyl sites for hydroxylation is 2. The van der Waals surface area contributed by atoms with Crippen molar-refractivity contribution >= 4 is 28.2 Å². The van der Waals surface area contributed by atoms with Crippen LogP contribution in [-0.4, -0.2) is 14.5 Å². The molecule has 2 N–H and O–H groups in total. The number of nitrogens with one attached hydrogen (secondary N) is 2. The molecule has 0 saturated heterocycles. The number of benzene rings is 1. The van der Waals surface area contributed by atoms with Gasteiger partial charge in [0.15, 0.2) is 0 Å². The largest absolute Gasteiger partial charge is 0.337 e. The molecule has 2 rings (SSSR count). The average Bonchev–Trinajstić information content (AvgIpc) is 2.50. The number of halogens is 1. The summed E-state index contributed by atoms with van der Waals surface area (Å²) < 4.78 is 30.1. The second-order valence-corrected chi connectivity index (χ2v) is 6.77. The molecular formula is C16H20FN3O2S. The first-order valence-corrected chi connectivity index (χ1v) is 8.54. The number of pyridine rings is 1. The molecule has 7 heteroatoms. The van der Waals surface area contributed by atoms with Crippen LogP contribution < -0.4 is 15.6 Å². The van der Waals surface area contributed by atoms with Gasteiger partial charge in [-0.3, -0.25) is 9.36 Å². The van der Waals surface area contributed by atoms with E-state index in [2.05, 4.69) is 10.0 Å². The van der Waals surface area contributed by atoms with Gasteiger partial charge in [-0.1, -0.05) is 13.0 Å². The quantitative estimate of drug-likeness (QED) is 0.882. The molecule has 0 aliphatic rings. The van der Waals surface area contributed by atoms with E-state index < -0.39 is 16.8 Å². The summed E-state index contributed by atoms with van der Waals surface area (Å²) in [5.74, 6) is 0.367. The van der Waals surface area contributed by atoms with Gasteiger partial charge in [-0.15, -0.1) is 0 Å². The van der Waals surface area contributed by atoms with Crippen LogP contribution >= 0.6 is 0 Å². The molecule has 0 amide bonds. The third kappa shape index (κ3) is 3.79. The zero-order valence-electron chi connectivity index (χ0n) is 13.6. The Labute approximate surface area is 137 Å². The van der Waals surface area contributed by atoms with Gasteiger partial charge in [0.2, 0.25) is 0 Å². The lowest BCUT2D eigenvalue weighted by molar-refractivity contribution is 0.630. The predicted octanol–water partition coefficient (Wildman–Crippen LogP) is 2.98. The highest BCUT2D eigenvalue weighted by Gasteiger charge is 2.14. The molecule has 5 nitrogen and oxygen atoms in total. The average molecular weight is 337 g/mol. The van der Waals surface area contributed by atoms with Crippen molar-refractivity contribution in [3.8, 4) is 0 Å². The molecule has 0 spiro atoms. The smallest absolute Gasteiger partial charge is 0.254 e. The lowest BCUT2D eigenvalue weighted by Crippen LogP contribution is -2.24. The van der Waals surface area contributed by atoms with Gasteiger partial charge >= 0.3 is 0 Å². The predicted molar refractivity (Wildman–Crippen MR) is 93.1 cm³/mol. The minimum absolute atomic E-state index is 0.201. The standard InChI is InChI=1S/C16H20FN3O2S/c1-5-23(22)19-14-9-11(3)16(21)20(4)15(14)18-13-7-6-10(2)8-12(13)17/h6-9,18-19H,5H2,1-4H3. The molecule has 1 aromatic heterocycles. The third-order valence-corrected chi connectivity index (χ3v) is 4.43. The first-order chi connectivity index (χ1) is 10.8. The van der Waals surface area contributed by atoms with Crippen LogP contribution in [0.4, 0.5) is 21.6 Å². The number of aromatic nitrogens is 1. The fraction of sp³-hybridized carbons (Fsp3) is 0.312. The highest BCUT2D eigenvalue weighted by atomic mass is 32.2. The Bertz CT molecular complexity index is 818. The molecule has 1 atom stereocenters. The fourth-order valence-corrected chi connectivity index (χ4v) is 2.71. The van der Waals surface area contributed by atoms with E-state index in [1.165, 1.54) is 10.6 Å². The van der Waals surface area contributed by atoms with Gasteiger partial charge < -0.3 is 10.0 Å². The van der Waals surface area contributed by atoms with Crippen LogP contribution in [-0.2, 0) is 18.0 Å². The normalized spacial score (nSPS) is 12.0. The van der Waals surface area contributed by atoms with Crippen LogP contribution in [0.3, 0.4) is 0 Å². The van der Waals surface area contributed by atoms with Crippen LogP contribution in [0.25, 0.3) is 0 Å². The van der Waals surface area contributed by atoms with Gasteiger partial charge in [-0.05, 0) is 37.6 Å². The lowest BCUT2D eigenvalue weighted by Gasteiger charge is -2.18. The minimum atomic E-state index is -1.28. The highest BCUT2D eigenvalue weighted by molar-refractivity contribution is 7.86. The maximum atomic E-state index is 14.1. The summed E-state index contributed by atoms with van der Waals surface area (Å²) in [6, 6.07) is 6.40. The summed E-state index contributed by atoms with van der Waals surface area (Å²) >= 11 is 0. The second kappa shape index (κ2) is 6.95. The Kier molecular flexibility index (Phi) is 5.20. The monoisotopic (exact) mass is 337 g/mol. The van der Waals surface area contributed by atoms with Crippen LogP contribution in [0.2, 0.25) is 0 Å². The van der Waals surface area contributed by atoms with E-state index in [0.717, 1.165) is 5.56 Å². The SMILES string of the molecule is CCS(=O)Nc1cc(C)c(=O)n(C)c1Nc1ccc(C)cc1F. The third-order valence-electron chi connectivity index (χ3n) is 3.46. The Morgan fingerprint density at radius 2 is 1.91 bits per heavy atom. The number of hydrogen-bond donors (Lipinski definition) is 2. The molecule has 1 heterocycles. The maximum absolute atomic E-state index is 14.1. The molecule has 0 fully saturated rings. The zero-order valence-corrected chi connectivity index (χ0v) is 14.4. The molecule has 124 valence electrons. The molecule has 1 unspecified atom stereocenters. The fourth-order valence-electron chi connectivity index (χ4n) is 2.17. The van der Waals surface area contributed by atoms with Crippen LogP contribution in [0.5, 0.6) is 0 Å². The van der Waals surface area contributed by atoms with Gasteiger partial charge in [0.1, 0.15) is 22.6 Å². The molecule has 0 radical (unpaired) electrons. The Morgan fingerprint density at radius 1 is 1.22 bits per heavy atom. The lowest BCUT2D eigenvalue weighted by atomic mass is 10.2. The number of rotatable bonds is 5. The van der Waals surface area contributed by atoms with Crippen molar-refractivity contribution in [1.82, 2.24) is 4.57 Å². The summed E-state index contributed by atoms with van der Waals surface area (Å²) in [4.78, 5) is 12.2. The van der Waals surface area contributed by atoms with Crippen molar-refractivity contribution < 1.29 is 8.60 Å². The van der Waals surface area contributed by atoms with E-state index in [1.54, 1.807) is 46.0 Å². The van der Waals surface area contributed by atoms with E-state index in [1.807, 2.05) is 0 Å². The summed E-state index contributed by atoms with van der Waals surface area (Å²) in [7, 11) is 0.310. The van der Waals surface area contributed by atoms with E-state index in [4.69, 9.17) is 0 Å². The van der Waals surface area contributed by atoms with Gasteiger partial charge in [0.05, 0.1) is 11.4 Å². The maximum Gasteiger partial charge on any atom is 0.254 e. The molecule has 0 saturated carbocycles. The van der Waals surface area contributed by atoms with E-state index in [-0.39, 0.29) is 11.2 Å². The summed E-state index contributed by atoms with van der Waals surface area (Å²) in [6.45, 7) is 5.26. The van der Waals surface area contributed by atoms with Crippen molar-refractivity contribution in [1.29, 1.82) is 0 Å². The molecular weight excluding hydrogens is 317 g/mol. The molecule has 23 heavy (non-hydrogen) atoms. The van der Waals surface area contributed by atoms with Crippen molar-refractivity contribution in [3.05, 3.63) is 51.6 Å².